The zero-order valence-electron chi connectivity index (χ0n) is 6.69. The molecule has 1 unspecified atom stereocenters. The summed E-state index contributed by atoms with van der Waals surface area (Å²) in [6.45, 7) is 1.77. The first-order chi connectivity index (χ1) is 5.63. The van der Waals surface area contributed by atoms with Crippen LogP contribution in [0.25, 0.3) is 0 Å². The molecule has 1 rings (SSSR count). The molecule has 0 radical (unpaired) electrons. The van der Waals surface area contributed by atoms with Crippen molar-refractivity contribution in [2.75, 3.05) is 0 Å². The Balaban J connectivity index is 3.02. The topological polar surface area (TPSA) is 57.5 Å². The molecule has 0 bridgehead atoms. The Bertz CT molecular complexity index is 294. The van der Waals surface area contributed by atoms with Crippen LogP contribution in [0.4, 0.5) is 0 Å². The van der Waals surface area contributed by atoms with E-state index < -0.39 is 12.1 Å². The predicted octanol–water partition coefficient (Wildman–Crippen LogP) is 1.11. The van der Waals surface area contributed by atoms with E-state index >= 15 is 0 Å². The van der Waals surface area contributed by atoms with Crippen molar-refractivity contribution in [2.24, 2.45) is 0 Å². The molecule has 1 aromatic rings. The van der Waals surface area contributed by atoms with Crippen LogP contribution in [0.5, 0.6) is 0 Å². The van der Waals surface area contributed by atoms with Crippen LogP contribution < -0.4 is 0 Å². The Morgan fingerprint density at radius 3 is 2.50 bits per heavy atom. The van der Waals surface area contributed by atoms with Crippen molar-refractivity contribution >= 4 is 5.97 Å². The summed E-state index contributed by atoms with van der Waals surface area (Å²) in [6.07, 6.45) is -1.41. The molecule has 3 heteroatoms. The maximum atomic E-state index is 10.4. The first-order valence-corrected chi connectivity index (χ1v) is 3.59. The number of aryl methyl sites for hydroxylation is 1. The molecule has 3 nitrogen and oxygen atoms in total. The van der Waals surface area contributed by atoms with Crippen LogP contribution in [0.1, 0.15) is 17.2 Å². The number of carboxylic acid groups (broad SMARTS) is 1. The molecule has 2 N–H and O–H groups in total. The van der Waals surface area contributed by atoms with Gasteiger partial charge in [-0.05, 0) is 18.1 Å². The summed E-state index contributed by atoms with van der Waals surface area (Å²) in [5, 5.41) is 17.7. The van der Waals surface area contributed by atoms with Crippen molar-refractivity contribution in [3.05, 3.63) is 35.4 Å². The SMILES string of the molecule is Cc1ccccc1C(O)C(=O)O. The van der Waals surface area contributed by atoms with E-state index in [1.54, 1.807) is 31.2 Å². The average Bonchev–Trinajstić information content (AvgIpc) is 2.04. The number of hydrogen-bond donors (Lipinski definition) is 2. The molecule has 0 amide bonds. The fourth-order valence-electron chi connectivity index (χ4n) is 1.03. The zero-order chi connectivity index (χ0) is 9.14. The molecule has 0 spiro atoms. The Labute approximate surface area is 70.3 Å². The minimum Gasteiger partial charge on any atom is -0.479 e. The monoisotopic (exact) mass is 166 g/mol. The third kappa shape index (κ3) is 1.62. The molecule has 12 heavy (non-hydrogen) atoms. The highest BCUT2D eigenvalue weighted by atomic mass is 16.4. The van der Waals surface area contributed by atoms with Gasteiger partial charge >= 0.3 is 5.97 Å². The minimum absolute atomic E-state index is 0.449. The lowest BCUT2D eigenvalue weighted by atomic mass is 10.0. The second kappa shape index (κ2) is 3.36. The van der Waals surface area contributed by atoms with E-state index in [0.29, 0.717) is 5.56 Å². The number of rotatable bonds is 2. The summed E-state index contributed by atoms with van der Waals surface area (Å²) in [6, 6.07) is 6.87. The minimum atomic E-state index is -1.41. The first kappa shape index (κ1) is 8.74. The molecule has 1 aromatic carbocycles. The lowest BCUT2D eigenvalue weighted by Gasteiger charge is -2.07. The molecule has 0 aromatic heterocycles. The smallest absolute Gasteiger partial charge is 0.337 e. The van der Waals surface area contributed by atoms with E-state index in [1.807, 2.05) is 0 Å². The van der Waals surface area contributed by atoms with Crippen molar-refractivity contribution in [2.45, 2.75) is 13.0 Å². The number of carboxylic acids is 1. The van der Waals surface area contributed by atoms with Gasteiger partial charge in [0.15, 0.2) is 6.10 Å². The highest BCUT2D eigenvalue weighted by Gasteiger charge is 2.16. The second-order valence-electron chi connectivity index (χ2n) is 2.60. The van der Waals surface area contributed by atoms with Crippen molar-refractivity contribution in [3.8, 4) is 0 Å². The normalized spacial score (nSPS) is 12.5. The van der Waals surface area contributed by atoms with E-state index in [2.05, 4.69) is 0 Å². The van der Waals surface area contributed by atoms with Crippen LogP contribution in [0.15, 0.2) is 24.3 Å². The molecule has 0 aliphatic rings. The molecule has 0 saturated heterocycles. The van der Waals surface area contributed by atoms with Crippen molar-refractivity contribution in [3.63, 3.8) is 0 Å². The number of hydrogen-bond acceptors (Lipinski definition) is 2. The van der Waals surface area contributed by atoms with Crippen LogP contribution in [0.2, 0.25) is 0 Å². The van der Waals surface area contributed by atoms with Gasteiger partial charge in [-0.1, -0.05) is 24.3 Å². The number of aliphatic hydroxyl groups is 1. The summed E-state index contributed by atoms with van der Waals surface area (Å²) >= 11 is 0. The Hall–Kier alpha value is -1.35. The van der Waals surface area contributed by atoms with Gasteiger partial charge in [-0.25, -0.2) is 4.79 Å². The van der Waals surface area contributed by atoms with Crippen molar-refractivity contribution in [1.82, 2.24) is 0 Å². The number of carbonyl (C=O) groups is 1. The van der Waals surface area contributed by atoms with Crippen LogP contribution in [-0.2, 0) is 4.79 Å². The van der Waals surface area contributed by atoms with Crippen LogP contribution in [0.3, 0.4) is 0 Å². The van der Waals surface area contributed by atoms with Gasteiger partial charge in [0.1, 0.15) is 0 Å². The van der Waals surface area contributed by atoms with Gasteiger partial charge in [0, 0.05) is 0 Å². The van der Waals surface area contributed by atoms with E-state index in [9.17, 15) is 9.90 Å². The van der Waals surface area contributed by atoms with E-state index in [-0.39, 0.29) is 0 Å². The third-order valence-electron chi connectivity index (χ3n) is 1.72. The average molecular weight is 166 g/mol. The van der Waals surface area contributed by atoms with Crippen LogP contribution in [-0.4, -0.2) is 16.2 Å². The van der Waals surface area contributed by atoms with Gasteiger partial charge in [-0.15, -0.1) is 0 Å². The Morgan fingerprint density at radius 2 is 2.00 bits per heavy atom. The molecule has 0 aliphatic carbocycles. The van der Waals surface area contributed by atoms with E-state index in [0.717, 1.165) is 5.56 Å². The summed E-state index contributed by atoms with van der Waals surface area (Å²) < 4.78 is 0. The van der Waals surface area contributed by atoms with Gasteiger partial charge in [-0.3, -0.25) is 0 Å². The number of aliphatic carboxylic acids is 1. The molecular weight excluding hydrogens is 156 g/mol. The van der Waals surface area contributed by atoms with Gasteiger partial charge in [-0.2, -0.15) is 0 Å². The summed E-state index contributed by atoms with van der Waals surface area (Å²) in [5.41, 5.74) is 1.23. The van der Waals surface area contributed by atoms with Gasteiger partial charge < -0.3 is 10.2 Å². The van der Waals surface area contributed by atoms with Crippen molar-refractivity contribution in [1.29, 1.82) is 0 Å². The van der Waals surface area contributed by atoms with Gasteiger partial charge in [0.25, 0.3) is 0 Å². The quantitative estimate of drug-likeness (QED) is 0.692. The molecule has 1 atom stereocenters. The molecule has 0 saturated carbocycles. The second-order valence-corrected chi connectivity index (χ2v) is 2.60. The molecule has 0 fully saturated rings. The Morgan fingerprint density at radius 1 is 1.42 bits per heavy atom. The molecule has 64 valence electrons. The van der Waals surface area contributed by atoms with Crippen LogP contribution in [0, 0.1) is 6.92 Å². The third-order valence-corrected chi connectivity index (χ3v) is 1.72. The fourth-order valence-corrected chi connectivity index (χ4v) is 1.03. The molecule has 0 aliphatic heterocycles. The predicted molar refractivity (Wildman–Crippen MR) is 43.8 cm³/mol. The van der Waals surface area contributed by atoms with E-state index in [4.69, 9.17) is 5.11 Å². The van der Waals surface area contributed by atoms with Gasteiger partial charge in [0.2, 0.25) is 0 Å². The molecule has 0 heterocycles. The highest BCUT2D eigenvalue weighted by molar-refractivity contribution is 5.74. The maximum Gasteiger partial charge on any atom is 0.337 e. The van der Waals surface area contributed by atoms with E-state index in [1.165, 1.54) is 0 Å². The number of aliphatic hydroxyl groups excluding tert-OH is 1. The highest BCUT2D eigenvalue weighted by Crippen LogP contribution is 2.16. The first-order valence-electron chi connectivity index (χ1n) is 3.59. The summed E-state index contributed by atoms with van der Waals surface area (Å²) in [7, 11) is 0. The summed E-state index contributed by atoms with van der Waals surface area (Å²) in [4.78, 5) is 10.4. The summed E-state index contributed by atoms with van der Waals surface area (Å²) in [5.74, 6) is -1.22. The standard InChI is InChI=1S/C9H10O3/c1-6-4-2-3-5-7(6)8(10)9(11)12/h2-5,8,10H,1H3,(H,11,12). The largest absolute Gasteiger partial charge is 0.479 e. The fraction of sp³-hybridized carbons (Fsp3) is 0.222. The lowest BCUT2D eigenvalue weighted by molar-refractivity contribution is -0.147. The molecular formula is C9H10O3. The zero-order valence-corrected chi connectivity index (χ0v) is 6.69. The number of benzene rings is 1. The van der Waals surface area contributed by atoms with Crippen LogP contribution >= 0.6 is 0 Å². The van der Waals surface area contributed by atoms with Gasteiger partial charge in [0.05, 0.1) is 0 Å². The maximum absolute atomic E-state index is 10.4. The Kier molecular flexibility index (Phi) is 2.45. The lowest BCUT2D eigenvalue weighted by Crippen LogP contribution is -2.11. The van der Waals surface area contributed by atoms with Crippen molar-refractivity contribution < 1.29 is 15.0 Å².